The van der Waals surface area contributed by atoms with Gasteiger partial charge >= 0.3 is 12.2 Å². The number of alkyl halides is 3. The predicted molar refractivity (Wildman–Crippen MR) is 103 cm³/mol. The first kappa shape index (κ1) is 19.9. The standard InChI is InChI=1S/C18H18F3N7O2/c1-22-15-12(18(19,20)21)10-23-16(26-15)25-13-3-2-4-14-11(13)9-24-28(14)17(29)27-5-7-30-8-6-27/h2-4,9-10H,5-8H2,1H3,(H2,22,23,25,26). The highest BCUT2D eigenvalue weighted by atomic mass is 19.4. The molecule has 9 nitrogen and oxygen atoms in total. The SMILES string of the molecule is CNc1nc(Nc2cccc3c2cnn3C(=O)N2CCOCC2)ncc1C(F)(F)F. The first-order valence-corrected chi connectivity index (χ1v) is 9.11. The van der Waals surface area contributed by atoms with Crippen molar-refractivity contribution in [1.29, 1.82) is 0 Å². The van der Waals surface area contributed by atoms with Crippen molar-refractivity contribution < 1.29 is 22.7 Å². The molecule has 0 aliphatic carbocycles. The second kappa shape index (κ2) is 7.78. The molecule has 2 aromatic heterocycles. The topological polar surface area (TPSA) is 97.2 Å². The number of fused-ring (bicyclic) bond motifs is 1. The first-order valence-electron chi connectivity index (χ1n) is 9.11. The molecule has 0 atom stereocenters. The van der Waals surface area contributed by atoms with Gasteiger partial charge in [0.25, 0.3) is 0 Å². The second-order valence-electron chi connectivity index (χ2n) is 6.51. The minimum Gasteiger partial charge on any atom is -0.378 e. The lowest BCUT2D eigenvalue weighted by atomic mass is 10.2. The number of nitrogens with one attached hydrogen (secondary N) is 2. The van der Waals surface area contributed by atoms with Crippen LogP contribution in [0.25, 0.3) is 10.9 Å². The van der Waals surface area contributed by atoms with Crippen LogP contribution >= 0.6 is 0 Å². The highest BCUT2D eigenvalue weighted by Crippen LogP contribution is 2.34. The van der Waals surface area contributed by atoms with E-state index >= 15 is 0 Å². The summed E-state index contributed by atoms with van der Waals surface area (Å²) < 4.78 is 45.7. The Morgan fingerprint density at radius 1 is 1.20 bits per heavy atom. The summed E-state index contributed by atoms with van der Waals surface area (Å²) in [5.74, 6) is -0.363. The van der Waals surface area contributed by atoms with E-state index in [1.54, 1.807) is 23.1 Å². The molecule has 30 heavy (non-hydrogen) atoms. The lowest BCUT2D eigenvalue weighted by Crippen LogP contribution is -2.43. The van der Waals surface area contributed by atoms with Gasteiger partial charge in [0.2, 0.25) is 5.95 Å². The molecular weight excluding hydrogens is 403 g/mol. The number of nitrogens with zero attached hydrogens (tertiary/aromatic N) is 5. The summed E-state index contributed by atoms with van der Waals surface area (Å²) in [6.07, 6.45) is -2.34. The fourth-order valence-corrected chi connectivity index (χ4v) is 3.16. The van der Waals surface area contributed by atoms with E-state index in [4.69, 9.17) is 4.74 Å². The van der Waals surface area contributed by atoms with Gasteiger partial charge in [-0.05, 0) is 12.1 Å². The van der Waals surface area contributed by atoms with E-state index in [0.717, 1.165) is 0 Å². The van der Waals surface area contributed by atoms with Gasteiger partial charge in [-0.2, -0.15) is 27.9 Å². The lowest BCUT2D eigenvalue weighted by Gasteiger charge is -2.26. The number of anilines is 3. The summed E-state index contributed by atoms with van der Waals surface area (Å²) in [7, 11) is 1.35. The average Bonchev–Trinajstić information content (AvgIpc) is 3.18. The molecule has 1 amide bonds. The molecule has 4 rings (SSSR count). The zero-order valence-corrected chi connectivity index (χ0v) is 15.9. The summed E-state index contributed by atoms with van der Waals surface area (Å²) in [6.45, 7) is 1.89. The molecule has 0 spiro atoms. The largest absolute Gasteiger partial charge is 0.421 e. The number of ether oxygens (including phenoxy) is 1. The molecular formula is C18H18F3N7O2. The number of morpholine rings is 1. The van der Waals surface area contributed by atoms with Gasteiger partial charge in [-0.3, -0.25) is 0 Å². The van der Waals surface area contributed by atoms with Crippen LogP contribution in [0.2, 0.25) is 0 Å². The van der Waals surface area contributed by atoms with Crippen molar-refractivity contribution in [3.63, 3.8) is 0 Å². The van der Waals surface area contributed by atoms with E-state index in [1.165, 1.54) is 17.9 Å². The summed E-state index contributed by atoms with van der Waals surface area (Å²) in [4.78, 5) is 22.1. The Hall–Kier alpha value is -3.41. The molecule has 0 unspecified atom stereocenters. The van der Waals surface area contributed by atoms with E-state index < -0.39 is 11.7 Å². The second-order valence-corrected chi connectivity index (χ2v) is 6.51. The molecule has 158 valence electrons. The number of halogens is 3. The molecule has 2 N–H and O–H groups in total. The van der Waals surface area contributed by atoms with Gasteiger partial charge in [0.15, 0.2) is 0 Å². The van der Waals surface area contributed by atoms with Crippen molar-refractivity contribution in [2.24, 2.45) is 0 Å². The predicted octanol–water partition coefficient (Wildman–Crippen LogP) is 2.93. The third-order valence-electron chi connectivity index (χ3n) is 4.65. The van der Waals surface area contributed by atoms with Crippen LogP contribution in [0.5, 0.6) is 0 Å². The van der Waals surface area contributed by atoms with E-state index in [-0.39, 0.29) is 17.8 Å². The Morgan fingerprint density at radius 2 is 1.97 bits per heavy atom. The molecule has 0 saturated carbocycles. The maximum atomic E-state index is 13.0. The van der Waals surface area contributed by atoms with Crippen LogP contribution in [-0.2, 0) is 10.9 Å². The molecule has 1 saturated heterocycles. The van der Waals surface area contributed by atoms with Crippen LogP contribution in [0.4, 0.5) is 35.4 Å². The molecule has 1 aromatic carbocycles. The summed E-state index contributed by atoms with van der Waals surface area (Å²) in [5, 5.41) is 10.1. The summed E-state index contributed by atoms with van der Waals surface area (Å²) in [5.41, 5.74) is 0.102. The molecule has 3 heterocycles. The van der Waals surface area contributed by atoms with Crippen molar-refractivity contribution in [2.75, 3.05) is 44.0 Å². The van der Waals surface area contributed by atoms with Crippen molar-refractivity contribution in [3.8, 4) is 0 Å². The number of rotatable bonds is 3. The number of amides is 1. The Bertz CT molecular complexity index is 1080. The van der Waals surface area contributed by atoms with Crippen molar-refractivity contribution >= 4 is 34.4 Å². The quantitative estimate of drug-likeness (QED) is 0.671. The molecule has 1 aliphatic rings. The Morgan fingerprint density at radius 3 is 2.67 bits per heavy atom. The van der Waals surface area contributed by atoms with Crippen LogP contribution in [0, 0.1) is 0 Å². The van der Waals surface area contributed by atoms with Crippen LogP contribution < -0.4 is 10.6 Å². The zero-order chi connectivity index (χ0) is 21.3. The molecule has 1 aliphatic heterocycles. The number of hydrogen-bond donors (Lipinski definition) is 2. The number of carbonyl (C=O) groups excluding carboxylic acids is 1. The zero-order valence-electron chi connectivity index (χ0n) is 15.9. The van der Waals surface area contributed by atoms with Gasteiger partial charge in [0.1, 0.15) is 11.4 Å². The third-order valence-corrected chi connectivity index (χ3v) is 4.65. The fourth-order valence-electron chi connectivity index (χ4n) is 3.16. The van der Waals surface area contributed by atoms with E-state index in [2.05, 4.69) is 25.7 Å². The van der Waals surface area contributed by atoms with Gasteiger partial charge in [-0.15, -0.1) is 0 Å². The highest BCUT2D eigenvalue weighted by Gasteiger charge is 2.35. The Kier molecular flexibility index (Phi) is 5.16. The number of carbonyl (C=O) groups is 1. The monoisotopic (exact) mass is 421 g/mol. The first-order chi connectivity index (χ1) is 14.4. The van der Waals surface area contributed by atoms with Gasteiger partial charge in [0, 0.05) is 31.7 Å². The average molecular weight is 421 g/mol. The van der Waals surface area contributed by atoms with Crippen molar-refractivity contribution in [3.05, 3.63) is 36.2 Å². The van der Waals surface area contributed by atoms with Crippen molar-refractivity contribution in [1.82, 2.24) is 24.6 Å². The van der Waals surface area contributed by atoms with Crippen LogP contribution in [-0.4, -0.2) is 64.0 Å². The maximum absolute atomic E-state index is 13.0. The highest BCUT2D eigenvalue weighted by molar-refractivity contribution is 5.97. The van der Waals surface area contributed by atoms with E-state index in [0.29, 0.717) is 49.1 Å². The van der Waals surface area contributed by atoms with Crippen LogP contribution in [0.3, 0.4) is 0 Å². The molecule has 0 bridgehead atoms. The smallest absolute Gasteiger partial charge is 0.378 e. The fraction of sp³-hybridized carbons (Fsp3) is 0.333. The Labute approximate surface area is 168 Å². The normalized spacial score (nSPS) is 14.7. The minimum absolute atomic E-state index is 0.0212. The van der Waals surface area contributed by atoms with Gasteiger partial charge in [-0.25, -0.2) is 9.78 Å². The molecule has 12 heteroatoms. The Balaban J connectivity index is 1.64. The third kappa shape index (κ3) is 3.73. The molecule has 3 aromatic rings. The van der Waals surface area contributed by atoms with Crippen LogP contribution in [0.1, 0.15) is 5.56 Å². The van der Waals surface area contributed by atoms with Crippen LogP contribution in [0.15, 0.2) is 30.6 Å². The number of hydrogen-bond acceptors (Lipinski definition) is 7. The maximum Gasteiger partial charge on any atom is 0.421 e. The lowest BCUT2D eigenvalue weighted by molar-refractivity contribution is -0.137. The van der Waals surface area contributed by atoms with Gasteiger partial charge < -0.3 is 20.3 Å². The minimum atomic E-state index is -4.57. The molecule has 0 radical (unpaired) electrons. The number of benzene rings is 1. The summed E-state index contributed by atoms with van der Waals surface area (Å²) in [6, 6.07) is 4.87. The van der Waals surface area contributed by atoms with E-state index in [1.807, 2.05) is 0 Å². The summed E-state index contributed by atoms with van der Waals surface area (Å²) >= 11 is 0. The van der Waals surface area contributed by atoms with Gasteiger partial charge in [0.05, 0.1) is 30.6 Å². The molecule has 1 fully saturated rings. The van der Waals surface area contributed by atoms with Gasteiger partial charge in [-0.1, -0.05) is 6.07 Å². The van der Waals surface area contributed by atoms with E-state index in [9.17, 15) is 18.0 Å². The number of aromatic nitrogens is 4. The van der Waals surface area contributed by atoms with Crippen molar-refractivity contribution in [2.45, 2.75) is 6.18 Å².